The van der Waals surface area contributed by atoms with Crippen LogP contribution in [0, 0.1) is 13.8 Å². The Morgan fingerprint density at radius 3 is 1.88 bits per heavy atom. The highest BCUT2D eigenvalue weighted by molar-refractivity contribution is 7.16. The molecule has 5 heteroatoms. The summed E-state index contributed by atoms with van der Waals surface area (Å²) in [6.07, 6.45) is 0. The third kappa shape index (κ3) is 15.6. The van der Waals surface area contributed by atoms with Crippen LogP contribution in [0.5, 0.6) is 0 Å². The molecular weight excluding hydrogens is 328 g/mol. The van der Waals surface area contributed by atoms with Crippen LogP contribution in [0.3, 0.4) is 0 Å². The zero-order chi connectivity index (χ0) is 19.7. The number of benzene rings is 1. The van der Waals surface area contributed by atoms with E-state index in [-0.39, 0.29) is 0 Å². The van der Waals surface area contributed by atoms with Gasteiger partial charge in [-0.05, 0) is 79.1 Å². The summed E-state index contributed by atoms with van der Waals surface area (Å²) in [6, 6.07) is 12.5. The molecule has 0 spiro atoms. The standard InChI is InChI=1S/C12H13NS.C4H11N.C2H7N.C2H5N/c1-9-8-10(2)14-12(9)13-11-6-4-3-5-7-11;1-4-5(2)3;2*1-3-2/h3-8,13H,1-2H3;4H2,1-3H3;3H,1-2H3;1H2,2H3. The Morgan fingerprint density at radius 2 is 1.56 bits per heavy atom. The van der Waals surface area contributed by atoms with Crippen molar-refractivity contribution >= 4 is 28.7 Å². The second-order valence-corrected chi connectivity index (χ2v) is 6.83. The van der Waals surface area contributed by atoms with E-state index in [1.165, 1.54) is 15.4 Å². The van der Waals surface area contributed by atoms with Crippen LogP contribution in [0.2, 0.25) is 0 Å². The maximum absolute atomic E-state index is 3.41. The molecule has 25 heavy (non-hydrogen) atoms. The summed E-state index contributed by atoms with van der Waals surface area (Å²) >= 11 is 1.80. The second-order valence-electron chi connectivity index (χ2n) is 5.57. The SMILES string of the molecule is C=NC.CCN(C)C.CNC.Cc1cc(C)c(Nc2ccccc2)s1. The van der Waals surface area contributed by atoms with Gasteiger partial charge in [-0.3, -0.25) is 0 Å². The van der Waals surface area contributed by atoms with Crippen molar-refractivity contribution in [1.29, 1.82) is 0 Å². The van der Waals surface area contributed by atoms with Gasteiger partial charge in [-0.25, -0.2) is 0 Å². The fourth-order valence-electron chi connectivity index (χ4n) is 1.42. The summed E-state index contributed by atoms with van der Waals surface area (Å²) < 4.78 is 0. The van der Waals surface area contributed by atoms with Crippen LogP contribution >= 0.6 is 11.3 Å². The number of rotatable bonds is 3. The van der Waals surface area contributed by atoms with Crippen LogP contribution in [0.15, 0.2) is 41.4 Å². The molecule has 0 radical (unpaired) electrons. The van der Waals surface area contributed by atoms with E-state index >= 15 is 0 Å². The fourth-order valence-corrected chi connectivity index (χ4v) is 2.36. The van der Waals surface area contributed by atoms with Crippen LogP contribution < -0.4 is 10.6 Å². The Balaban J connectivity index is 0. The van der Waals surface area contributed by atoms with Gasteiger partial charge in [0.15, 0.2) is 0 Å². The molecule has 0 amide bonds. The predicted molar refractivity (Wildman–Crippen MR) is 118 cm³/mol. The summed E-state index contributed by atoms with van der Waals surface area (Å²) in [4.78, 5) is 6.72. The molecular formula is C20H36N4S. The Hall–Kier alpha value is -1.69. The highest BCUT2D eigenvalue weighted by Crippen LogP contribution is 2.29. The third-order valence-corrected chi connectivity index (χ3v) is 3.77. The van der Waals surface area contributed by atoms with E-state index in [0.29, 0.717) is 0 Å². The van der Waals surface area contributed by atoms with E-state index in [4.69, 9.17) is 0 Å². The topological polar surface area (TPSA) is 39.7 Å². The van der Waals surface area contributed by atoms with E-state index in [1.807, 2.05) is 32.3 Å². The van der Waals surface area contributed by atoms with Gasteiger partial charge in [0.05, 0.1) is 5.00 Å². The van der Waals surface area contributed by atoms with E-state index in [2.05, 4.69) is 80.3 Å². The van der Waals surface area contributed by atoms with Crippen molar-refractivity contribution in [2.75, 3.05) is 47.1 Å². The number of aliphatic imine (C=N–C) groups is 1. The van der Waals surface area contributed by atoms with Crippen molar-refractivity contribution in [1.82, 2.24) is 10.2 Å². The van der Waals surface area contributed by atoms with Gasteiger partial charge in [-0.1, -0.05) is 25.1 Å². The first-order valence-electron chi connectivity index (χ1n) is 8.33. The number of nitrogens with zero attached hydrogens (tertiary/aromatic N) is 2. The van der Waals surface area contributed by atoms with Gasteiger partial charge in [-0.15, -0.1) is 11.3 Å². The zero-order valence-electron chi connectivity index (χ0n) is 17.2. The summed E-state index contributed by atoms with van der Waals surface area (Å²) in [5.41, 5.74) is 2.47. The molecule has 2 rings (SSSR count). The van der Waals surface area contributed by atoms with Crippen molar-refractivity contribution in [2.24, 2.45) is 4.99 Å². The minimum absolute atomic E-state index is 1.14. The molecule has 0 aliphatic rings. The van der Waals surface area contributed by atoms with Crippen molar-refractivity contribution in [3.05, 3.63) is 46.8 Å². The maximum atomic E-state index is 3.41. The van der Waals surface area contributed by atoms with Gasteiger partial charge in [0.25, 0.3) is 0 Å². The number of hydrogen-bond donors (Lipinski definition) is 2. The molecule has 0 saturated carbocycles. The van der Waals surface area contributed by atoms with E-state index in [1.54, 1.807) is 18.4 Å². The Bertz CT molecular complexity index is 536. The minimum atomic E-state index is 1.14. The largest absolute Gasteiger partial charge is 0.347 e. The minimum Gasteiger partial charge on any atom is -0.347 e. The van der Waals surface area contributed by atoms with Crippen molar-refractivity contribution < 1.29 is 0 Å². The lowest BCUT2D eigenvalue weighted by atomic mass is 10.3. The summed E-state index contributed by atoms with van der Waals surface area (Å²) in [6.45, 7) is 10.6. The zero-order valence-corrected chi connectivity index (χ0v) is 18.0. The number of nitrogens with one attached hydrogen (secondary N) is 2. The van der Waals surface area contributed by atoms with Crippen molar-refractivity contribution in [3.8, 4) is 0 Å². The molecule has 1 heterocycles. The molecule has 0 bridgehead atoms. The highest BCUT2D eigenvalue weighted by atomic mass is 32.1. The van der Waals surface area contributed by atoms with Gasteiger partial charge in [0, 0.05) is 17.6 Å². The van der Waals surface area contributed by atoms with Crippen LogP contribution in [-0.2, 0) is 0 Å². The van der Waals surface area contributed by atoms with Gasteiger partial charge in [0.1, 0.15) is 0 Å². The molecule has 2 N–H and O–H groups in total. The quantitative estimate of drug-likeness (QED) is 0.766. The first-order valence-corrected chi connectivity index (χ1v) is 9.14. The first-order chi connectivity index (χ1) is 11.9. The number of para-hydroxylation sites is 1. The normalized spacial score (nSPS) is 8.84. The number of hydrogen-bond acceptors (Lipinski definition) is 5. The molecule has 1 aromatic carbocycles. The van der Waals surface area contributed by atoms with E-state index in [0.717, 1.165) is 12.2 Å². The molecule has 142 valence electrons. The van der Waals surface area contributed by atoms with Crippen LogP contribution in [-0.4, -0.2) is 53.4 Å². The van der Waals surface area contributed by atoms with Crippen molar-refractivity contribution in [2.45, 2.75) is 20.8 Å². The monoisotopic (exact) mass is 364 g/mol. The Kier molecular flexibility index (Phi) is 17.5. The lowest BCUT2D eigenvalue weighted by Gasteiger charge is -2.03. The van der Waals surface area contributed by atoms with Crippen LogP contribution in [0.1, 0.15) is 17.4 Å². The number of thiophene rings is 1. The van der Waals surface area contributed by atoms with Gasteiger partial charge >= 0.3 is 0 Å². The van der Waals surface area contributed by atoms with Crippen LogP contribution in [0.25, 0.3) is 0 Å². The first kappa shape index (κ1) is 25.5. The summed E-state index contributed by atoms with van der Waals surface area (Å²) in [7, 11) is 9.50. The molecule has 0 saturated heterocycles. The molecule has 0 atom stereocenters. The molecule has 0 fully saturated rings. The van der Waals surface area contributed by atoms with E-state index in [9.17, 15) is 0 Å². The lowest BCUT2D eigenvalue weighted by Crippen LogP contribution is -2.08. The highest BCUT2D eigenvalue weighted by Gasteiger charge is 2.01. The number of aryl methyl sites for hydroxylation is 2. The molecule has 0 unspecified atom stereocenters. The third-order valence-electron chi connectivity index (χ3n) is 2.71. The van der Waals surface area contributed by atoms with Gasteiger partial charge in [-0.2, -0.15) is 0 Å². The smallest absolute Gasteiger partial charge is 0.0959 e. The average molecular weight is 365 g/mol. The van der Waals surface area contributed by atoms with Crippen LogP contribution in [0.4, 0.5) is 10.7 Å². The lowest BCUT2D eigenvalue weighted by molar-refractivity contribution is 0.434. The average Bonchev–Trinajstić information content (AvgIpc) is 2.88. The van der Waals surface area contributed by atoms with E-state index < -0.39 is 0 Å². The molecule has 2 aromatic rings. The summed E-state index contributed by atoms with van der Waals surface area (Å²) in [5.74, 6) is 0. The Morgan fingerprint density at radius 1 is 1.12 bits per heavy atom. The van der Waals surface area contributed by atoms with Gasteiger partial charge in [0.2, 0.25) is 0 Å². The van der Waals surface area contributed by atoms with Gasteiger partial charge < -0.3 is 20.5 Å². The fraction of sp³-hybridized carbons (Fsp3) is 0.450. The summed E-state index contributed by atoms with van der Waals surface area (Å²) in [5, 5.41) is 7.41. The molecule has 4 nitrogen and oxygen atoms in total. The number of anilines is 2. The Labute approximate surface area is 159 Å². The molecule has 0 aliphatic carbocycles. The molecule has 1 aromatic heterocycles. The molecule has 0 aliphatic heterocycles. The predicted octanol–water partition coefficient (Wildman–Crippen LogP) is 4.83. The maximum Gasteiger partial charge on any atom is 0.0959 e. The van der Waals surface area contributed by atoms with Crippen molar-refractivity contribution in [3.63, 3.8) is 0 Å². The second kappa shape index (κ2) is 17.1.